The normalized spacial score (nSPS) is 17.8. The van der Waals surface area contributed by atoms with Crippen molar-refractivity contribution >= 4 is 0 Å². The molecule has 0 radical (unpaired) electrons. The highest BCUT2D eigenvalue weighted by Crippen LogP contribution is 2.47. The van der Waals surface area contributed by atoms with Gasteiger partial charge in [-0.3, -0.25) is 0 Å². The Bertz CT molecular complexity index is 473. The van der Waals surface area contributed by atoms with Gasteiger partial charge in [0, 0.05) is 17.2 Å². The molecule has 1 aromatic rings. The second-order valence-electron chi connectivity index (χ2n) is 5.82. The Balaban J connectivity index is 2.61. The monoisotopic (exact) mass is 265 g/mol. The van der Waals surface area contributed by atoms with E-state index in [4.69, 9.17) is 19.9 Å². The largest absolute Gasteiger partial charge is 0.497 e. The molecule has 19 heavy (non-hydrogen) atoms. The van der Waals surface area contributed by atoms with Crippen molar-refractivity contribution < 1.29 is 14.2 Å². The summed E-state index contributed by atoms with van der Waals surface area (Å²) in [5.74, 6) is 1.61. The molecule has 1 fully saturated rings. The van der Waals surface area contributed by atoms with E-state index in [-0.39, 0.29) is 11.0 Å². The number of hydrogen-bond acceptors (Lipinski definition) is 4. The van der Waals surface area contributed by atoms with E-state index in [0.29, 0.717) is 13.2 Å². The van der Waals surface area contributed by atoms with E-state index in [1.54, 1.807) is 14.2 Å². The standard InChI is InChI=1S/C15H23NO3/c1-10-6-11(17-4)7-12(18-5)13(10)15(8-19-9-15)14(2,3)16/h6-7H,8-9,16H2,1-5H3. The Morgan fingerprint density at radius 1 is 1.21 bits per heavy atom. The fourth-order valence-corrected chi connectivity index (χ4v) is 2.76. The Kier molecular flexibility index (Phi) is 3.49. The van der Waals surface area contributed by atoms with E-state index in [1.165, 1.54) is 0 Å². The second-order valence-corrected chi connectivity index (χ2v) is 5.82. The molecule has 1 aromatic carbocycles. The van der Waals surface area contributed by atoms with Gasteiger partial charge in [-0.2, -0.15) is 0 Å². The molecule has 2 N–H and O–H groups in total. The lowest BCUT2D eigenvalue weighted by molar-refractivity contribution is -0.0930. The van der Waals surface area contributed by atoms with Crippen molar-refractivity contribution in [2.45, 2.75) is 31.7 Å². The molecule has 1 saturated heterocycles. The average molecular weight is 265 g/mol. The van der Waals surface area contributed by atoms with Gasteiger partial charge in [-0.15, -0.1) is 0 Å². The lowest BCUT2D eigenvalue weighted by Gasteiger charge is -2.51. The van der Waals surface area contributed by atoms with Crippen LogP contribution >= 0.6 is 0 Å². The minimum absolute atomic E-state index is 0.200. The summed E-state index contributed by atoms with van der Waals surface area (Å²) in [6, 6.07) is 3.93. The van der Waals surface area contributed by atoms with E-state index < -0.39 is 0 Å². The summed E-state index contributed by atoms with van der Waals surface area (Å²) in [5.41, 5.74) is 8.08. The van der Waals surface area contributed by atoms with Gasteiger partial charge in [-0.05, 0) is 32.4 Å². The Labute approximate surface area is 114 Å². The van der Waals surface area contributed by atoms with Gasteiger partial charge in [0.15, 0.2) is 0 Å². The van der Waals surface area contributed by atoms with Crippen LogP contribution in [-0.2, 0) is 10.2 Å². The predicted molar refractivity (Wildman–Crippen MR) is 75.0 cm³/mol. The summed E-state index contributed by atoms with van der Waals surface area (Å²) in [4.78, 5) is 0. The van der Waals surface area contributed by atoms with Crippen molar-refractivity contribution in [3.63, 3.8) is 0 Å². The quantitative estimate of drug-likeness (QED) is 0.905. The van der Waals surface area contributed by atoms with Crippen LogP contribution in [0.15, 0.2) is 12.1 Å². The van der Waals surface area contributed by atoms with Crippen molar-refractivity contribution in [2.75, 3.05) is 27.4 Å². The van der Waals surface area contributed by atoms with Crippen LogP contribution in [0.2, 0.25) is 0 Å². The second kappa shape index (κ2) is 4.69. The maximum atomic E-state index is 6.40. The first-order valence-corrected chi connectivity index (χ1v) is 6.45. The molecule has 4 nitrogen and oxygen atoms in total. The lowest BCUT2D eigenvalue weighted by Crippen LogP contribution is -2.65. The summed E-state index contributed by atoms with van der Waals surface area (Å²) in [6.45, 7) is 7.39. The minimum atomic E-state index is -0.377. The van der Waals surface area contributed by atoms with Crippen molar-refractivity contribution in [3.8, 4) is 11.5 Å². The molecular weight excluding hydrogens is 242 g/mol. The Morgan fingerprint density at radius 2 is 1.84 bits per heavy atom. The lowest BCUT2D eigenvalue weighted by atomic mass is 9.64. The molecule has 1 heterocycles. The molecule has 0 saturated carbocycles. The molecule has 0 bridgehead atoms. The summed E-state index contributed by atoms with van der Waals surface area (Å²) >= 11 is 0. The van der Waals surface area contributed by atoms with Crippen molar-refractivity contribution in [2.24, 2.45) is 5.73 Å². The molecule has 106 valence electrons. The van der Waals surface area contributed by atoms with Gasteiger partial charge in [0.25, 0.3) is 0 Å². The molecule has 0 aliphatic carbocycles. The van der Waals surface area contributed by atoms with Crippen LogP contribution in [0.5, 0.6) is 11.5 Å². The number of methoxy groups -OCH3 is 2. The maximum Gasteiger partial charge on any atom is 0.126 e. The third-order valence-corrected chi connectivity index (χ3v) is 4.14. The van der Waals surface area contributed by atoms with Crippen LogP contribution in [0.3, 0.4) is 0 Å². The summed E-state index contributed by atoms with van der Waals surface area (Å²) < 4.78 is 16.3. The number of ether oxygens (including phenoxy) is 3. The molecule has 0 unspecified atom stereocenters. The first kappa shape index (κ1) is 14.2. The third kappa shape index (κ3) is 2.09. The van der Waals surface area contributed by atoms with Crippen molar-refractivity contribution in [3.05, 3.63) is 23.3 Å². The van der Waals surface area contributed by atoms with Crippen LogP contribution in [0.4, 0.5) is 0 Å². The van der Waals surface area contributed by atoms with Crippen LogP contribution in [-0.4, -0.2) is 33.0 Å². The summed E-state index contributed by atoms with van der Waals surface area (Å²) in [5, 5.41) is 0. The molecule has 1 aliphatic heterocycles. The van der Waals surface area contributed by atoms with Crippen LogP contribution in [0, 0.1) is 6.92 Å². The number of rotatable bonds is 4. The molecule has 2 rings (SSSR count). The Hall–Kier alpha value is -1.26. The molecule has 0 atom stereocenters. The fourth-order valence-electron chi connectivity index (χ4n) is 2.76. The third-order valence-electron chi connectivity index (χ3n) is 4.14. The number of nitrogens with two attached hydrogens (primary N) is 1. The van der Waals surface area contributed by atoms with Gasteiger partial charge in [0.05, 0.1) is 32.8 Å². The van der Waals surface area contributed by atoms with Gasteiger partial charge in [0.1, 0.15) is 11.5 Å². The molecule has 0 spiro atoms. The average Bonchev–Trinajstić information content (AvgIpc) is 2.27. The molecule has 0 amide bonds. The van der Waals surface area contributed by atoms with Crippen LogP contribution in [0.25, 0.3) is 0 Å². The highest BCUT2D eigenvalue weighted by atomic mass is 16.5. The fraction of sp³-hybridized carbons (Fsp3) is 0.600. The van der Waals surface area contributed by atoms with E-state index in [0.717, 1.165) is 22.6 Å². The van der Waals surface area contributed by atoms with E-state index >= 15 is 0 Å². The predicted octanol–water partition coefficient (Wildman–Crippen LogP) is 2.02. The highest BCUT2D eigenvalue weighted by molar-refractivity contribution is 5.53. The van der Waals surface area contributed by atoms with Crippen LogP contribution < -0.4 is 15.2 Å². The van der Waals surface area contributed by atoms with Crippen LogP contribution in [0.1, 0.15) is 25.0 Å². The number of aryl methyl sites for hydroxylation is 1. The SMILES string of the molecule is COc1cc(C)c(C2(C(C)(C)N)COC2)c(OC)c1. The number of hydrogen-bond donors (Lipinski definition) is 1. The molecule has 0 aromatic heterocycles. The van der Waals surface area contributed by atoms with Gasteiger partial charge in [0.2, 0.25) is 0 Å². The van der Waals surface area contributed by atoms with E-state index in [2.05, 4.69) is 6.92 Å². The van der Waals surface area contributed by atoms with Gasteiger partial charge in [-0.25, -0.2) is 0 Å². The zero-order valence-corrected chi connectivity index (χ0v) is 12.4. The zero-order valence-electron chi connectivity index (χ0n) is 12.4. The van der Waals surface area contributed by atoms with Crippen molar-refractivity contribution in [1.29, 1.82) is 0 Å². The van der Waals surface area contributed by atoms with E-state index in [1.807, 2.05) is 26.0 Å². The Morgan fingerprint density at radius 3 is 2.21 bits per heavy atom. The summed E-state index contributed by atoms with van der Waals surface area (Å²) in [7, 11) is 3.33. The van der Waals surface area contributed by atoms with E-state index in [9.17, 15) is 0 Å². The molecular formula is C15H23NO3. The van der Waals surface area contributed by atoms with Crippen molar-refractivity contribution in [1.82, 2.24) is 0 Å². The minimum Gasteiger partial charge on any atom is -0.497 e. The smallest absolute Gasteiger partial charge is 0.126 e. The zero-order chi connectivity index (χ0) is 14.3. The molecule has 4 heteroatoms. The first-order valence-electron chi connectivity index (χ1n) is 6.45. The van der Waals surface area contributed by atoms with Gasteiger partial charge < -0.3 is 19.9 Å². The topological polar surface area (TPSA) is 53.7 Å². The first-order chi connectivity index (χ1) is 8.85. The summed E-state index contributed by atoms with van der Waals surface area (Å²) in [6.07, 6.45) is 0. The number of benzene rings is 1. The maximum absolute atomic E-state index is 6.40. The molecule has 1 aliphatic rings. The highest BCUT2D eigenvalue weighted by Gasteiger charge is 2.52. The van der Waals surface area contributed by atoms with Gasteiger partial charge >= 0.3 is 0 Å². The van der Waals surface area contributed by atoms with Gasteiger partial charge in [-0.1, -0.05) is 0 Å².